The molecule has 0 spiro atoms. The number of hydrogen-bond acceptors (Lipinski definition) is 6. The normalized spacial score (nSPS) is 41.4. The summed E-state index contributed by atoms with van der Waals surface area (Å²) < 4.78 is 0. The van der Waals surface area contributed by atoms with Crippen molar-refractivity contribution in [3.8, 4) is 0 Å². The van der Waals surface area contributed by atoms with Gasteiger partial charge in [0.25, 0.3) is 0 Å². The highest BCUT2D eigenvalue weighted by Crippen LogP contribution is 2.45. The summed E-state index contributed by atoms with van der Waals surface area (Å²) in [4.78, 5) is 34.3. The maximum Gasteiger partial charge on any atom is 0.223 e. The second-order valence-electron chi connectivity index (χ2n) is 16.0. The van der Waals surface area contributed by atoms with E-state index in [2.05, 4.69) is 38.5 Å². The number of amides is 2. The molecule has 6 fully saturated rings. The maximum absolute atomic E-state index is 13.2. The number of hydrogen-bond donors (Lipinski definition) is 6. The fraction of sp³-hybridized carbons (Fsp3) is 0.853. The lowest BCUT2D eigenvalue weighted by atomic mass is 9.91. The predicted molar refractivity (Wildman–Crippen MR) is 170 cm³/mol. The third kappa shape index (κ3) is 5.66. The quantitative estimate of drug-likeness (QED) is 0.241. The third-order valence-electron chi connectivity index (χ3n) is 13.1. The van der Waals surface area contributed by atoms with Gasteiger partial charge >= 0.3 is 0 Å². The summed E-state index contributed by atoms with van der Waals surface area (Å²) in [6, 6.07) is 2.69. The topological polar surface area (TPSA) is 123 Å². The minimum Gasteiger partial charge on any atom is -0.365 e. The van der Waals surface area contributed by atoms with Gasteiger partial charge in [-0.25, -0.2) is 4.98 Å². The molecule has 2 amide bonds. The van der Waals surface area contributed by atoms with Crippen molar-refractivity contribution in [1.29, 1.82) is 0 Å². The minimum absolute atomic E-state index is 0.100. The fourth-order valence-electron chi connectivity index (χ4n) is 11.0. The Kier molecular flexibility index (Phi) is 8.07. The van der Waals surface area contributed by atoms with Gasteiger partial charge in [-0.15, -0.1) is 0 Å². The van der Waals surface area contributed by atoms with Gasteiger partial charge < -0.3 is 31.6 Å². The molecule has 1 aromatic heterocycles. The average Bonchev–Trinajstić information content (AvgIpc) is 3.80. The Morgan fingerprint density at radius 1 is 0.841 bits per heavy atom. The monoisotopic (exact) mass is 601 g/mol. The van der Waals surface area contributed by atoms with Gasteiger partial charge in [-0.05, 0) is 120 Å². The number of nitrogens with zero attached hydrogens (tertiary/aromatic N) is 1. The summed E-state index contributed by atoms with van der Waals surface area (Å²) in [6.45, 7) is 4.21. The van der Waals surface area contributed by atoms with Crippen LogP contribution in [0.4, 0.5) is 0 Å². The molecule has 13 atom stereocenters. The van der Waals surface area contributed by atoms with Crippen LogP contribution in [0.5, 0.6) is 0 Å². The molecular formula is C34H52BN7O2. The molecule has 4 aliphatic carbocycles. The van der Waals surface area contributed by atoms with Crippen molar-refractivity contribution in [2.45, 2.75) is 120 Å². The van der Waals surface area contributed by atoms with E-state index in [9.17, 15) is 9.59 Å². The third-order valence-corrected chi connectivity index (χ3v) is 13.1. The molecule has 4 heterocycles. The van der Waals surface area contributed by atoms with Crippen LogP contribution in [0.1, 0.15) is 94.3 Å². The number of carbonyl (C=O) groups is 2. The molecule has 3 aliphatic heterocycles. The molecule has 3 saturated heterocycles. The van der Waals surface area contributed by atoms with E-state index < -0.39 is 0 Å². The van der Waals surface area contributed by atoms with Gasteiger partial charge in [0.2, 0.25) is 11.8 Å². The highest BCUT2D eigenvalue weighted by atomic mass is 16.2. The van der Waals surface area contributed by atoms with Gasteiger partial charge in [-0.3, -0.25) is 9.59 Å². The van der Waals surface area contributed by atoms with Gasteiger partial charge in [0, 0.05) is 60.2 Å². The van der Waals surface area contributed by atoms with Crippen LogP contribution in [-0.2, 0) is 22.4 Å². The molecule has 1 aromatic rings. The molecule has 0 aromatic carbocycles. The number of aromatic nitrogens is 2. The smallest absolute Gasteiger partial charge is 0.223 e. The van der Waals surface area contributed by atoms with E-state index in [4.69, 9.17) is 12.8 Å². The second-order valence-corrected chi connectivity index (χ2v) is 16.0. The largest absolute Gasteiger partial charge is 0.365 e. The maximum atomic E-state index is 13.2. The SMILES string of the molecule is [B]CNC(=O)[C@@H]1CC2C[C@H](CC(C)CNC(=O)[C@@H]3CC4N[C@H]([C@H]5Cc6nc([C@@H]7CC8NCC[C@@H]8C7)[nH]c6C5)C[C@@H]4C3)N[C@@H]2C1. The highest BCUT2D eigenvalue weighted by molar-refractivity contribution is 6.10. The Morgan fingerprint density at radius 2 is 1.59 bits per heavy atom. The van der Waals surface area contributed by atoms with E-state index in [-0.39, 0.29) is 30.1 Å². The summed E-state index contributed by atoms with van der Waals surface area (Å²) >= 11 is 0. The van der Waals surface area contributed by atoms with Crippen LogP contribution in [0.15, 0.2) is 0 Å². The van der Waals surface area contributed by atoms with Gasteiger partial charge in [0.05, 0.1) is 13.5 Å². The van der Waals surface area contributed by atoms with Gasteiger partial charge in [-0.1, -0.05) is 6.92 Å². The molecule has 8 rings (SSSR count). The molecule has 238 valence electrons. The lowest BCUT2D eigenvalue weighted by Crippen LogP contribution is -2.39. The average molecular weight is 602 g/mol. The Labute approximate surface area is 263 Å². The molecule has 6 N–H and O–H groups in total. The van der Waals surface area contributed by atoms with Crippen LogP contribution in [0.25, 0.3) is 0 Å². The van der Waals surface area contributed by atoms with Crippen molar-refractivity contribution in [1.82, 2.24) is 36.6 Å². The summed E-state index contributed by atoms with van der Waals surface area (Å²) in [6.07, 6.45) is 13.6. The molecule has 7 aliphatic rings. The first-order valence-corrected chi connectivity index (χ1v) is 18.0. The first-order chi connectivity index (χ1) is 21.4. The van der Waals surface area contributed by atoms with E-state index in [1.807, 2.05) is 0 Å². The van der Waals surface area contributed by atoms with E-state index in [0.717, 1.165) is 63.8 Å². The zero-order valence-electron chi connectivity index (χ0n) is 26.5. The molecule has 2 radical (unpaired) electrons. The Bertz CT molecular complexity index is 1180. The zero-order valence-corrected chi connectivity index (χ0v) is 26.5. The summed E-state index contributed by atoms with van der Waals surface area (Å²) in [5.74, 6) is 5.62. The van der Waals surface area contributed by atoms with Crippen LogP contribution in [0.2, 0.25) is 0 Å². The van der Waals surface area contributed by atoms with Crippen LogP contribution in [0.3, 0.4) is 0 Å². The molecule has 3 saturated carbocycles. The van der Waals surface area contributed by atoms with Crippen molar-refractivity contribution < 1.29 is 9.59 Å². The lowest BCUT2D eigenvalue weighted by Gasteiger charge is -2.22. The first-order valence-electron chi connectivity index (χ1n) is 18.0. The standard InChI is InChI=1S/C34H52BN7O2/c1-17(4-25-8-19-6-24(13-27(19)39-25)34(44)38-16-35)15-37-33(43)23-7-20-9-28(40-29(20)14-23)21-10-30-31(11-21)42-32(41-30)22-5-18-2-3-36-26(18)12-22/h17-29,36,39-40H,2-16H2,1H3,(H,37,43)(H,38,44)(H,41,42)/t17?,18-,19?,20+,22+,23+,24-,25+,26?,27-,28+,29?/m1/s1. The van der Waals surface area contributed by atoms with Crippen LogP contribution < -0.4 is 26.6 Å². The van der Waals surface area contributed by atoms with Crippen LogP contribution in [0, 0.1) is 41.4 Å². The first kappa shape index (κ1) is 29.5. The number of imidazole rings is 1. The minimum atomic E-state index is 0.100. The van der Waals surface area contributed by atoms with Crippen molar-refractivity contribution in [3.63, 3.8) is 0 Å². The zero-order chi connectivity index (χ0) is 29.9. The molecule has 10 heteroatoms. The molecule has 44 heavy (non-hydrogen) atoms. The highest BCUT2D eigenvalue weighted by Gasteiger charge is 2.48. The Hall–Kier alpha value is -1.91. The van der Waals surface area contributed by atoms with Crippen molar-refractivity contribution in [2.75, 3.05) is 19.5 Å². The van der Waals surface area contributed by atoms with E-state index in [0.29, 0.717) is 59.8 Å². The van der Waals surface area contributed by atoms with Crippen molar-refractivity contribution >= 4 is 19.7 Å². The van der Waals surface area contributed by atoms with E-state index in [1.165, 1.54) is 49.4 Å². The van der Waals surface area contributed by atoms with Crippen LogP contribution in [-0.4, -0.2) is 79.4 Å². The van der Waals surface area contributed by atoms with Gasteiger partial charge in [0.1, 0.15) is 5.82 Å². The van der Waals surface area contributed by atoms with Crippen molar-refractivity contribution in [2.24, 2.45) is 41.4 Å². The number of rotatable bonds is 9. The predicted octanol–water partition coefficient (Wildman–Crippen LogP) is 1.88. The lowest BCUT2D eigenvalue weighted by molar-refractivity contribution is -0.125. The number of fused-ring (bicyclic) bond motifs is 4. The number of aromatic amines is 1. The van der Waals surface area contributed by atoms with E-state index >= 15 is 0 Å². The summed E-state index contributed by atoms with van der Waals surface area (Å²) in [7, 11) is 5.49. The number of carbonyl (C=O) groups excluding carboxylic acids is 2. The van der Waals surface area contributed by atoms with E-state index in [1.54, 1.807) is 0 Å². The van der Waals surface area contributed by atoms with Crippen molar-refractivity contribution in [3.05, 3.63) is 17.2 Å². The second kappa shape index (κ2) is 12.0. The molecular weight excluding hydrogens is 549 g/mol. The molecule has 0 bridgehead atoms. The fourth-order valence-corrected chi connectivity index (χ4v) is 11.0. The number of nitrogens with one attached hydrogen (secondary N) is 6. The Balaban J connectivity index is 0.742. The van der Waals surface area contributed by atoms with Gasteiger partial charge in [0.15, 0.2) is 0 Å². The summed E-state index contributed by atoms with van der Waals surface area (Å²) in [5.41, 5.74) is 2.73. The molecule has 4 unspecified atom stereocenters. The molecule has 9 nitrogen and oxygen atoms in total. The van der Waals surface area contributed by atoms with Gasteiger partial charge in [-0.2, -0.15) is 0 Å². The Morgan fingerprint density at radius 3 is 2.32 bits per heavy atom. The van der Waals surface area contributed by atoms with Crippen LogP contribution >= 0.6 is 0 Å². The number of H-pyrrole nitrogens is 1. The summed E-state index contributed by atoms with van der Waals surface area (Å²) in [5, 5.41) is 17.6.